The van der Waals surface area contributed by atoms with Gasteiger partial charge in [0.2, 0.25) is 0 Å². The minimum atomic E-state index is -0.918. The summed E-state index contributed by atoms with van der Waals surface area (Å²) in [5.41, 5.74) is 2.35. The zero-order valence-electron chi connectivity index (χ0n) is 14.8. The van der Waals surface area contributed by atoms with Gasteiger partial charge in [0.15, 0.2) is 0 Å². The van der Waals surface area contributed by atoms with Crippen molar-refractivity contribution in [2.75, 3.05) is 20.1 Å². The molecular formula is C20H24FN3O2. The number of phenolic OH excluding ortho intramolecular Hbond substituents is 1. The van der Waals surface area contributed by atoms with Crippen molar-refractivity contribution < 1.29 is 14.6 Å². The minimum absolute atomic E-state index is 0.140. The van der Waals surface area contributed by atoms with Crippen molar-refractivity contribution in [2.24, 2.45) is 0 Å². The van der Waals surface area contributed by atoms with Gasteiger partial charge in [-0.15, -0.1) is 0 Å². The maximum atomic E-state index is 13.8. The van der Waals surface area contributed by atoms with Gasteiger partial charge >= 0.3 is 0 Å². The van der Waals surface area contributed by atoms with Crippen molar-refractivity contribution in [1.82, 2.24) is 14.5 Å². The van der Waals surface area contributed by atoms with Crippen LogP contribution in [0.1, 0.15) is 24.5 Å². The molecule has 5 nitrogen and oxygen atoms in total. The van der Waals surface area contributed by atoms with E-state index in [9.17, 15) is 14.6 Å². The number of imidazole rings is 1. The second-order valence-corrected chi connectivity index (χ2v) is 6.62. The van der Waals surface area contributed by atoms with Crippen LogP contribution in [-0.4, -0.2) is 44.8 Å². The van der Waals surface area contributed by atoms with E-state index in [0.717, 1.165) is 43.0 Å². The Morgan fingerprint density at radius 3 is 2.81 bits per heavy atom. The lowest BCUT2D eigenvalue weighted by Gasteiger charge is -2.21. The Hall–Kier alpha value is -2.44. The predicted octanol–water partition coefficient (Wildman–Crippen LogP) is 3.33. The Morgan fingerprint density at radius 2 is 2.00 bits per heavy atom. The second-order valence-electron chi connectivity index (χ2n) is 6.62. The first kappa shape index (κ1) is 18.4. The van der Waals surface area contributed by atoms with Crippen molar-refractivity contribution in [3.63, 3.8) is 0 Å². The topological polar surface area (TPSA) is 61.5 Å². The number of phenols is 1. The van der Waals surface area contributed by atoms with Gasteiger partial charge in [-0.3, -0.25) is 0 Å². The molecule has 3 aromatic rings. The first-order valence-corrected chi connectivity index (χ1v) is 8.79. The van der Waals surface area contributed by atoms with Gasteiger partial charge in [0.05, 0.1) is 23.5 Å². The number of likely N-dealkylation sites (N-methyl/N-ethyl adjacent to an activating group) is 1. The first-order chi connectivity index (χ1) is 12.5. The van der Waals surface area contributed by atoms with Crippen LogP contribution in [0.25, 0.3) is 11.0 Å². The molecule has 0 aliphatic carbocycles. The largest absolute Gasteiger partial charge is 0.508 e. The molecule has 0 fully saturated rings. The number of aliphatic hydroxyl groups is 1. The van der Waals surface area contributed by atoms with Gasteiger partial charge in [-0.25, -0.2) is 9.37 Å². The fourth-order valence-corrected chi connectivity index (χ4v) is 3.12. The Labute approximate surface area is 152 Å². The molecule has 0 aliphatic heterocycles. The van der Waals surface area contributed by atoms with E-state index in [4.69, 9.17) is 0 Å². The van der Waals surface area contributed by atoms with Crippen LogP contribution < -0.4 is 0 Å². The average Bonchev–Trinajstić information content (AvgIpc) is 3.02. The van der Waals surface area contributed by atoms with Crippen molar-refractivity contribution in [3.8, 4) is 5.75 Å². The molecule has 1 heterocycles. The molecule has 0 aliphatic rings. The van der Waals surface area contributed by atoms with E-state index in [-0.39, 0.29) is 11.3 Å². The third kappa shape index (κ3) is 4.39. The normalized spacial score (nSPS) is 12.8. The first-order valence-electron chi connectivity index (χ1n) is 8.79. The molecule has 1 unspecified atom stereocenters. The lowest BCUT2D eigenvalue weighted by atomic mass is 10.1. The summed E-state index contributed by atoms with van der Waals surface area (Å²) in [7, 11) is 1.91. The zero-order chi connectivity index (χ0) is 18.5. The standard InChI is InChI=1S/C20H24FN3O2/c1-23(13-20(26)16-9-8-15(25)12-17(16)21)10-4-5-11-24-14-22-18-6-2-3-7-19(18)24/h2-3,6-9,12,14,20,25-26H,4-5,10-11,13H2,1H3. The van der Waals surface area contributed by atoms with E-state index in [2.05, 4.69) is 15.6 Å². The van der Waals surface area contributed by atoms with E-state index in [0.29, 0.717) is 6.54 Å². The molecule has 0 saturated carbocycles. The number of hydrogen-bond donors (Lipinski definition) is 2. The Balaban J connectivity index is 1.44. The lowest BCUT2D eigenvalue weighted by molar-refractivity contribution is 0.122. The van der Waals surface area contributed by atoms with Gasteiger partial charge in [-0.2, -0.15) is 0 Å². The number of halogens is 1. The summed E-state index contributed by atoms with van der Waals surface area (Å²) in [5.74, 6) is -0.725. The number of unbranched alkanes of at least 4 members (excludes halogenated alkanes) is 1. The summed E-state index contributed by atoms with van der Waals surface area (Å²) in [4.78, 5) is 6.38. The monoisotopic (exact) mass is 357 g/mol. The minimum Gasteiger partial charge on any atom is -0.508 e. The smallest absolute Gasteiger partial charge is 0.132 e. The molecule has 1 aromatic heterocycles. The number of benzene rings is 2. The van der Waals surface area contributed by atoms with Crippen molar-refractivity contribution in [2.45, 2.75) is 25.5 Å². The molecule has 0 spiro atoms. The molecule has 0 saturated heterocycles. The second kappa shape index (κ2) is 8.29. The fraction of sp³-hybridized carbons (Fsp3) is 0.350. The number of fused-ring (bicyclic) bond motifs is 1. The SMILES string of the molecule is CN(CCCCn1cnc2ccccc21)CC(O)c1ccc(O)cc1F. The number of aromatic hydroxyl groups is 1. The Morgan fingerprint density at radius 1 is 1.19 bits per heavy atom. The van der Waals surface area contributed by atoms with Crippen LogP contribution >= 0.6 is 0 Å². The fourth-order valence-electron chi connectivity index (χ4n) is 3.12. The molecule has 1 atom stereocenters. The maximum Gasteiger partial charge on any atom is 0.132 e. The van der Waals surface area contributed by atoms with Gasteiger partial charge in [-0.05, 0) is 50.7 Å². The molecule has 2 N–H and O–H groups in total. The highest BCUT2D eigenvalue weighted by Gasteiger charge is 2.15. The molecule has 0 bridgehead atoms. The van der Waals surface area contributed by atoms with Gasteiger partial charge in [-0.1, -0.05) is 12.1 Å². The van der Waals surface area contributed by atoms with E-state index < -0.39 is 11.9 Å². The molecule has 26 heavy (non-hydrogen) atoms. The van der Waals surface area contributed by atoms with Gasteiger partial charge in [0.25, 0.3) is 0 Å². The summed E-state index contributed by atoms with van der Waals surface area (Å²) >= 11 is 0. The van der Waals surface area contributed by atoms with Crippen molar-refractivity contribution >= 4 is 11.0 Å². The molecule has 0 amide bonds. The summed E-state index contributed by atoms with van der Waals surface area (Å²) in [5, 5.41) is 19.5. The number of hydrogen-bond acceptors (Lipinski definition) is 4. The van der Waals surface area contributed by atoms with Crippen LogP contribution in [0.2, 0.25) is 0 Å². The van der Waals surface area contributed by atoms with E-state index in [1.165, 1.54) is 12.1 Å². The highest BCUT2D eigenvalue weighted by Crippen LogP contribution is 2.22. The van der Waals surface area contributed by atoms with E-state index in [1.54, 1.807) is 0 Å². The Kier molecular flexibility index (Phi) is 5.85. The van der Waals surface area contributed by atoms with Crippen LogP contribution in [0.5, 0.6) is 5.75 Å². The molecule has 138 valence electrons. The highest BCUT2D eigenvalue weighted by atomic mass is 19.1. The van der Waals surface area contributed by atoms with Gasteiger partial charge in [0.1, 0.15) is 11.6 Å². The number of nitrogens with zero attached hydrogens (tertiary/aromatic N) is 3. The van der Waals surface area contributed by atoms with Crippen LogP contribution in [0, 0.1) is 5.82 Å². The number of aliphatic hydroxyl groups excluding tert-OH is 1. The summed E-state index contributed by atoms with van der Waals surface area (Å²) < 4.78 is 15.9. The van der Waals surface area contributed by atoms with Crippen LogP contribution in [0.3, 0.4) is 0 Å². The molecule has 2 aromatic carbocycles. The van der Waals surface area contributed by atoms with Gasteiger partial charge in [0, 0.05) is 24.7 Å². The summed E-state index contributed by atoms with van der Waals surface area (Å²) in [6, 6.07) is 11.9. The number of para-hydroxylation sites is 2. The molecule has 6 heteroatoms. The van der Waals surface area contributed by atoms with Crippen molar-refractivity contribution in [1.29, 1.82) is 0 Å². The molecular weight excluding hydrogens is 333 g/mol. The van der Waals surface area contributed by atoms with Crippen LogP contribution in [0.4, 0.5) is 4.39 Å². The summed E-state index contributed by atoms with van der Waals surface area (Å²) in [6.45, 7) is 2.04. The number of aromatic nitrogens is 2. The summed E-state index contributed by atoms with van der Waals surface area (Å²) in [6.07, 6.45) is 2.91. The maximum absolute atomic E-state index is 13.8. The quantitative estimate of drug-likeness (QED) is 0.607. The number of aryl methyl sites for hydroxylation is 1. The molecule has 3 rings (SSSR count). The van der Waals surface area contributed by atoms with E-state index >= 15 is 0 Å². The van der Waals surface area contributed by atoms with E-state index in [1.807, 2.05) is 36.5 Å². The number of rotatable bonds is 8. The lowest BCUT2D eigenvalue weighted by Crippen LogP contribution is -2.26. The van der Waals surface area contributed by atoms with Crippen LogP contribution in [-0.2, 0) is 6.54 Å². The van der Waals surface area contributed by atoms with Crippen molar-refractivity contribution in [3.05, 3.63) is 60.2 Å². The average molecular weight is 357 g/mol. The third-order valence-corrected chi connectivity index (χ3v) is 4.54. The molecule has 0 radical (unpaired) electrons. The van der Waals surface area contributed by atoms with Gasteiger partial charge < -0.3 is 19.7 Å². The highest BCUT2D eigenvalue weighted by molar-refractivity contribution is 5.74. The van der Waals surface area contributed by atoms with Crippen LogP contribution in [0.15, 0.2) is 48.8 Å². The third-order valence-electron chi connectivity index (χ3n) is 4.54. The Bertz CT molecular complexity index is 865. The zero-order valence-corrected chi connectivity index (χ0v) is 14.8. The predicted molar refractivity (Wildman–Crippen MR) is 99.5 cm³/mol.